The van der Waals surface area contributed by atoms with E-state index in [1.165, 1.54) is 0 Å². The average molecular weight is 541 g/mol. The number of carbonyl (C=O) groups is 2. The molecule has 192 valence electrons. The number of benzene rings is 2. The van der Waals surface area contributed by atoms with Crippen LogP contribution in [0, 0.1) is 11.3 Å². The molecule has 1 aliphatic rings. The third kappa shape index (κ3) is 6.73. The van der Waals surface area contributed by atoms with Crippen LogP contribution in [0.15, 0.2) is 57.6 Å². The quantitative estimate of drug-likeness (QED) is 0.385. The second-order valence-electron chi connectivity index (χ2n) is 7.54. The van der Waals surface area contributed by atoms with Crippen molar-refractivity contribution in [1.82, 2.24) is 0 Å². The predicted molar refractivity (Wildman–Crippen MR) is 143 cm³/mol. The van der Waals surface area contributed by atoms with E-state index in [0.717, 1.165) is 11.8 Å². The first-order valence-corrected chi connectivity index (χ1v) is 12.7. The van der Waals surface area contributed by atoms with Gasteiger partial charge < -0.3 is 19.3 Å². The van der Waals surface area contributed by atoms with E-state index in [2.05, 4.69) is 11.1 Å². The van der Waals surface area contributed by atoms with Crippen molar-refractivity contribution in [3.8, 4) is 17.6 Å². The van der Waals surface area contributed by atoms with Gasteiger partial charge in [-0.05, 0) is 43.7 Å². The molecule has 8 nitrogen and oxygen atoms in total. The van der Waals surface area contributed by atoms with Crippen molar-refractivity contribution in [2.45, 2.75) is 33.8 Å². The molecule has 0 spiro atoms. The Morgan fingerprint density at radius 3 is 2.59 bits per heavy atom. The molecule has 3 rings (SSSR count). The Bertz CT molecular complexity index is 1340. The molecule has 0 radical (unpaired) electrons. The maximum absolute atomic E-state index is 12.5. The normalized spacial score (nSPS) is 15.1. The smallest absolute Gasteiger partial charge is 0.344 e. The molecule has 0 unspecified atom stereocenters. The Balaban J connectivity index is 1.98. The lowest BCUT2D eigenvalue weighted by Gasteiger charge is -2.15. The summed E-state index contributed by atoms with van der Waals surface area (Å²) in [4.78, 5) is 28.6. The van der Waals surface area contributed by atoms with Crippen LogP contribution >= 0.6 is 23.4 Å². The topological polar surface area (TPSA) is 118 Å². The van der Waals surface area contributed by atoms with Crippen molar-refractivity contribution in [2.24, 2.45) is 4.99 Å². The summed E-state index contributed by atoms with van der Waals surface area (Å²) in [5.74, 6) is -0.871. The number of nitrogens with zero attached hydrogens (tertiary/aromatic N) is 2. The van der Waals surface area contributed by atoms with E-state index in [1.54, 1.807) is 50.3 Å². The van der Waals surface area contributed by atoms with Gasteiger partial charge in [-0.1, -0.05) is 48.5 Å². The summed E-state index contributed by atoms with van der Waals surface area (Å²) in [5, 5.41) is 20.4. The Morgan fingerprint density at radius 2 is 1.92 bits per heavy atom. The highest BCUT2D eigenvalue weighted by Gasteiger charge is 2.33. The van der Waals surface area contributed by atoms with E-state index in [9.17, 15) is 20.0 Å². The summed E-state index contributed by atoms with van der Waals surface area (Å²) in [6, 6.07) is 12.5. The number of aliphatic hydroxyl groups is 1. The van der Waals surface area contributed by atoms with Crippen LogP contribution in [0.25, 0.3) is 6.08 Å². The predicted octanol–water partition coefficient (Wildman–Crippen LogP) is 5.99. The van der Waals surface area contributed by atoms with Gasteiger partial charge in [0.1, 0.15) is 23.0 Å². The Labute approximate surface area is 224 Å². The van der Waals surface area contributed by atoms with Crippen molar-refractivity contribution < 1.29 is 28.9 Å². The molecule has 2 aromatic rings. The largest absolute Gasteiger partial charge is 0.506 e. The number of nitriles is 1. The number of carbonyl (C=O) groups excluding carboxylic acids is 2. The molecule has 37 heavy (non-hydrogen) atoms. The summed E-state index contributed by atoms with van der Waals surface area (Å²) in [6.07, 6.45) is 1.74. The van der Waals surface area contributed by atoms with Crippen molar-refractivity contribution in [2.75, 3.05) is 13.2 Å². The van der Waals surface area contributed by atoms with Gasteiger partial charge >= 0.3 is 5.97 Å². The third-order valence-corrected chi connectivity index (χ3v) is 6.34. The molecule has 0 saturated carbocycles. The summed E-state index contributed by atoms with van der Waals surface area (Å²) in [6.45, 7) is 5.65. The van der Waals surface area contributed by atoms with Gasteiger partial charge in [-0.3, -0.25) is 4.79 Å². The molecule has 0 atom stereocenters. The lowest BCUT2D eigenvalue weighted by molar-refractivity contribution is -0.138. The highest BCUT2D eigenvalue weighted by Crippen LogP contribution is 2.42. The van der Waals surface area contributed by atoms with E-state index >= 15 is 0 Å². The highest BCUT2D eigenvalue weighted by molar-refractivity contribution is 8.18. The monoisotopic (exact) mass is 540 g/mol. The first-order chi connectivity index (χ1) is 17.8. The summed E-state index contributed by atoms with van der Waals surface area (Å²) >= 11 is 7.53. The number of hydrogen-bond donors (Lipinski definition) is 1. The molecule has 0 aromatic heterocycles. The van der Waals surface area contributed by atoms with Crippen LogP contribution in [0.2, 0.25) is 5.02 Å². The van der Waals surface area contributed by atoms with Crippen LogP contribution < -0.4 is 9.47 Å². The van der Waals surface area contributed by atoms with Crippen LogP contribution in [0.4, 0.5) is 0 Å². The van der Waals surface area contributed by atoms with Gasteiger partial charge in [-0.15, -0.1) is 0 Å². The van der Waals surface area contributed by atoms with Gasteiger partial charge in [0.25, 0.3) is 0 Å². The molecule has 2 aromatic carbocycles. The fourth-order valence-corrected chi connectivity index (χ4v) is 4.62. The number of amides is 1. The van der Waals surface area contributed by atoms with Crippen LogP contribution in [0.5, 0.6) is 11.5 Å². The zero-order valence-corrected chi connectivity index (χ0v) is 22.1. The zero-order chi connectivity index (χ0) is 26.9. The number of ether oxygens (including phenoxy) is 3. The molecular weight excluding hydrogens is 516 g/mol. The van der Waals surface area contributed by atoms with Crippen molar-refractivity contribution >= 4 is 46.4 Å². The number of halogens is 1. The minimum atomic E-state index is -0.770. The first-order valence-electron chi connectivity index (χ1n) is 11.5. The standard InChI is InChI=1S/C27H25ClN2O6S/c1-4-22(31)30-26-23(27(33)35-6-3)24(32)21(37-26)13-16-11-19(28)25(20(12-16)34-5-2)36-15-18-10-8-7-9-17(18)14-29/h7-13,32H,4-6,15H2,1-3H3/b21-13-,30-26?. The molecule has 0 bridgehead atoms. The summed E-state index contributed by atoms with van der Waals surface area (Å²) < 4.78 is 16.7. The molecule has 1 heterocycles. The lowest BCUT2D eigenvalue weighted by Crippen LogP contribution is -2.14. The second-order valence-corrected chi connectivity index (χ2v) is 8.98. The van der Waals surface area contributed by atoms with E-state index in [-0.39, 0.29) is 41.0 Å². The van der Waals surface area contributed by atoms with Gasteiger partial charge in [0, 0.05) is 12.0 Å². The SMILES string of the molecule is CCOC(=O)C1=C(O)/C(=C/c2cc(Cl)c(OCc3ccccc3C#N)c(OCC)c2)SC1=NC(=O)CC. The van der Waals surface area contributed by atoms with E-state index in [4.69, 9.17) is 25.8 Å². The average Bonchev–Trinajstić information content (AvgIpc) is 3.18. The number of thioether (sulfide) groups is 1. The molecule has 0 aliphatic carbocycles. The molecular formula is C27H25ClN2O6S. The summed E-state index contributed by atoms with van der Waals surface area (Å²) in [7, 11) is 0. The van der Waals surface area contributed by atoms with E-state index in [0.29, 0.717) is 39.7 Å². The maximum Gasteiger partial charge on any atom is 0.344 e. The van der Waals surface area contributed by atoms with Crippen molar-refractivity contribution in [3.05, 3.63) is 74.3 Å². The first kappa shape index (κ1) is 27.8. The number of rotatable bonds is 9. The fourth-order valence-electron chi connectivity index (χ4n) is 3.31. The van der Waals surface area contributed by atoms with E-state index < -0.39 is 11.9 Å². The molecule has 1 amide bonds. The van der Waals surface area contributed by atoms with Gasteiger partial charge in [-0.25, -0.2) is 9.79 Å². The molecule has 0 saturated heterocycles. The second kappa shape index (κ2) is 13.0. The summed E-state index contributed by atoms with van der Waals surface area (Å²) in [5.41, 5.74) is 1.59. The van der Waals surface area contributed by atoms with Crippen LogP contribution in [-0.2, 0) is 20.9 Å². The highest BCUT2D eigenvalue weighted by atomic mass is 35.5. The van der Waals surface area contributed by atoms with Crippen LogP contribution in [-0.4, -0.2) is 35.2 Å². The molecule has 0 fully saturated rings. The fraction of sp³-hybridized carbons (Fsp3) is 0.259. The van der Waals surface area contributed by atoms with Gasteiger partial charge in [0.05, 0.1) is 34.8 Å². The van der Waals surface area contributed by atoms with Gasteiger partial charge in [0.2, 0.25) is 5.91 Å². The van der Waals surface area contributed by atoms with Crippen molar-refractivity contribution in [1.29, 1.82) is 5.26 Å². The van der Waals surface area contributed by atoms with Gasteiger partial charge in [-0.2, -0.15) is 5.26 Å². The minimum absolute atomic E-state index is 0.0706. The lowest BCUT2D eigenvalue weighted by atomic mass is 10.1. The number of aliphatic hydroxyl groups excluding tert-OH is 1. The molecule has 1 aliphatic heterocycles. The van der Waals surface area contributed by atoms with Gasteiger partial charge in [0.15, 0.2) is 11.5 Å². The molecule has 10 heteroatoms. The number of aliphatic imine (C=N–C) groups is 1. The molecule has 1 N–H and O–H groups in total. The Kier molecular flexibility index (Phi) is 9.78. The zero-order valence-electron chi connectivity index (χ0n) is 20.5. The Morgan fingerprint density at radius 1 is 1.16 bits per heavy atom. The Hall–Kier alpha value is -3.74. The third-order valence-electron chi connectivity index (χ3n) is 5.04. The number of hydrogen-bond acceptors (Lipinski definition) is 8. The maximum atomic E-state index is 12.5. The van der Waals surface area contributed by atoms with Crippen LogP contribution in [0.1, 0.15) is 43.9 Å². The van der Waals surface area contributed by atoms with Crippen molar-refractivity contribution in [3.63, 3.8) is 0 Å². The van der Waals surface area contributed by atoms with Crippen LogP contribution in [0.3, 0.4) is 0 Å². The minimum Gasteiger partial charge on any atom is -0.506 e. The number of esters is 1. The van der Waals surface area contributed by atoms with E-state index in [1.807, 2.05) is 13.0 Å².